The number of likely N-dealkylation sites (N-methyl/N-ethyl adjacent to an activating group) is 1. The highest BCUT2D eigenvalue weighted by Gasteiger charge is 2.27. The Morgan fingerprint density at radius 3 is 0.889 bits per heavy atom. The number of rotatable bonds is 67. The van der Waals surface area contributed by atoms with Crippen LogP contribution < -0.4 is 0 Å². The first-order chi connectivity index (χ1) is 44.0. The van der Waals surface area contributed by atoms with Crippen molar-refractivity contribution in [2.24, 2.45) is 0 Å². The maximum atomic E-state index is 12.9. The van der Waals surface area contributed by atoms with E-state index in [0.717, 1.165) is 103 Å². The van der Waals surface area contributed by atoms with Crippen LogP contribution >= 0.6 is 7.82 Å². The van der Waals surface area contributed by atoms with Crippen LogP contribution in [-0.4, -0.2) is 74.9 Å². The van der Waals surface area contributed by atoms with E-state index in [4.69, 9.17) is 18.5 Å². The third-order valence-electron chi connectivity index (χ3n) is 15.7. The van der Waals surface area contributed by atoms with Crippen LogP contribution in [0.15, 0.2) is 134 Å². The van der Waals surface area contributed by atoms with Gasteiger partial charge in [0.2, 0.25) is 0 Å². The maximum Gasteiger partial charge on any atom is 0.472 e. The second-order valence-corrected chi connectivity index (χ2v) is 27.0. The lowest BCUT2D eigenvalue weighted by atomic mass is 10.0. The van der Waals surface area contributed by atoms with Gasteiger partial charge >= 0.3 is 19.8 Å². The molecule has 0 aliphatic carbocycles. The van der Waals surface area contributed by atoms with Crippen LogP contribution in [0.5, 0.6) is 0 Å². The van der Waals surface area contributed by atoms with Crippen LogP contribution in [0.1, 0.15) is 309 Å². The molecule has 0 amide bonds. The van der Waals surface area contributed by atoms with Crippen molar-refractivity contribution in [3.8, 4) is 0 Å². The minimum atomic E-state index is -4.40. The van der Waals surface area contributed by atoms with E-state index in [0.29, 0.717) is 17.4 Å². The zero-order valence-corrected chi connectivity index (χ0v) is 59.7. The molecule has 0 aromatic rings. The molecule has 1 N–H and O–H groups in total. The van der Waals surface area contributed by atoms with Crippen LogP contribution in [-0.2, 0) is 32.7 Å². The first kappa shape index (κ1) is 86.2. The lowest BCUT2D eigenvalue weighted by molar-refractivity contribution is -0.870. The smallest absolute Gasteiger partial charge is 0.462 e. The minimum Gasteiger partial charge on any atom is -0.462 e. The number of carbonyl (C=O) groups is 2. The van der Waals surface area contributed by atoms with Crippen molar-refractivity contribution in [1.29, 1.82) is 0 Å². The van der Waals surface area contributed by atoms with E-state index in [-0.39, 0.29) is 32.0 Å². The largest absolute Gasteiger partial charge is 0.472 e. The molecule has 0 bridgehead atoms. The Bertz CT molecular complexity index is 1980. The number of quaternary nitrogens is 1. The molecule has 0 spiro atoms. The summed E-state index contributed by atoms with van der Waals surface area (Å²) >= 11 is 0. The molecule has 0 aromatic carbocycles. The first-order valence-corrected chi connectivity index (χ1v) is 38.4. The molecule has 0 fully saturated rings. The summed E-state index contributed by atoms with van der Waals surface area (Å²) in [6, 6.07) is 0. The van der Waals surface area contributed by atoms with E-state index in [2.05, 4.69) is 148 Å². The van der Waals surface area contributed by atoms with Crippen molar-refractivity contribution in [3.05, 3.63) is 134 Å². The van der Waals surface area contributed by atoms with Crippen molar-refractivity contribution in [1.82, 2.24) is 0 Å². The van der Waals surface area contributed by atoms with Gasteiger partial charge in [0, 0.05) is 12.8 Å². The van der Waals surface area contributed by atoms with Gasteiger partial charge in [-0.3, -0.25) is 18.6 Å². The van der Waals surface area contributed by atoms with E-state index in [1.54, 1.807) is 0 Å². The van der Waals surface area contributed by atoms with E-state index < -0.39 is 26.5 Å². The Hall–Kier alpha value is -3.85. The summed E-state index contributed by atoms with van der Waals surface area (Å²) in [6.45, 7) is 4.23. The third kappa shape index (κ3) is 73.2. The molecule has 2 atom stereocenters. The Kier molecular flexibility index (Phi) is 66.5. The number of allylic oxidation sites excluding steroid dienone is 22. The predicted octanol–water partition coefficient (Wildman–Crippen LogP) is 24.4. The molecule has 0 rings (SSSR count). The Balaban J connectivity index is 3.99. The van der Waals surface area contributed by atoms with Crippen molar-refractivity contribution in [2.75, 3.05) is 47.5 Å². The van der Waals surface area contributed by atoms with Gasteiger partial charge in [-0.15, -0.1) is 0 Å². The van der Waals surface area contributed by atoms with Gasteiger partial charge in [-0.2, -0.15) is 0 Å². The van der Waals surface area contributed by atoms with Crippen LogP contribution in [0.3, 0.4) is 0 Å². The lowest BCUT2D eigenvalue weighted by Crippen LogP contribution is -2.37. The van der Waals surface area contributed by atoms with Gasteiger partial charge in [0.25, 0.3) is 0 Å². The topological polar surface area (TPSA) is 108 Å². The Morgan fingerprint density at radius 1 is 0.344 bits per heavy atom. The lowest BCUT2D eigenvalue weighted by Gasteiger charge is -2.24. The number of unbranched alkanes of at least 4 members (excludes halogenated alkanes) is 31. The summed E-state index contributed by atoms with van der Waals surface area (Å²) in [5.41, 5.74) is 0. The fraction of sp³-hybridized carbons (Fsp3) is 0.700. The van der Waals surface area contributed by atoms with E-state index >= 15 is 0 Å². The van der Waals surface area contributed by atoms with Crippen LogP contribution in [0.4, 0.5) is 0 Å². The van der Waals surface area contributed by atoms with E-state index in [1.807, 2.05) is 21.1 Å². The fourth-order valence-corrected chi connectivity index (χ4v) is 10.8. The first-order valence-electron chi connectivity index (χ1n) is 36.9. The highest BCUT2D eigenvalue weighted by molar-refractivity contribution is 7.47. The predicted molar refractivity (Wildman–Crippen MR) is 390 cm³/mol. The summed E-state index contributed by atoms with van der Waals surface area (Å²) in [7, 11) is 1.48. The minimum absolute atomic E-state index is 0.0281. The van der Waals surface area contributed by atoms with Gasteiger partial charge in [-0.1, -0.05) is 321 Å². The number of esters is 2. The molecule has 0 aromatic heterocycles. The second kappa shape index (κ2) is 69.5. The molecule has 0 radical (unpaired) electrons. The molecule has 9 nitrogen and oxygen atoms in total. The fourth-order valence-electron chi connectivity index (χ4n) is 10.1. The molecule has 516 valence electrons. The Morgan fingerprint density at radius 2 is 0.600 bits per heavy atom. The van der Waals surface area contributed by atoms with E-state index in [9.17, 15) is 19.0 Å². The average molecular weight is 1270 g/mol. The van der Waals surface area contributed by atoms with Gasteiger partial charge in [0.1, 0.15) is 19.8 Å². The summed E-state index contributed by atoms with van der Waals surface area (Å²) in [4.78, 5) is 35.9. The molecular formula is C80H139NO8P+. The summed E-state index contributed by atoms with van der Waals surface area (Å²) in [5.74, 6) is -0.794. The normalized spacial score (nSPS) is 13.9. The van der Waals surface area contributed by atoms with Gasteiger partial charge in [0.15, 0.2) is 6.10 Å². The van der Waals surface area contributed by atoms with Crippen molar-refractivity contribution in [3.63, 3.8) is 0 Å². The van der Waals surface area contributed by atoms with E-state index in [1.165, 1.54) is 173 Å². The molecule has 10 heteroatoms. The summed E-state index contributed by atoms with van der Waals surface area (Å²) in [6.07, 6.45) is 101. The molecule has 0 saturated carbocycles. The number of ether oxygens (including phenoxy) is 2. The van der Waals surface area contributed by atoms with Crippen LogP contribution in [0.2, 0.25) is 0 Å². The highest BCUT2D eigenvalue weighted by Crippen LogP contribution is 2.43. The average Bonchev–Trinajstić information content (AvgIpc) is 3.62. The molecule has 0 saturated heterocycles. The maximum absolute atomic E-state index is 12.9. The summed E-state index contributed by atoms with van der Waals surface area (Å²) < 4.78 is 34.8. The number of phosphoric acid groups is 1. The third-order valence-corrected chi connectivity index (χ3v) is 16.7. The molecule has 0 aliphatic rings. The number of carbonyl (C=O) groups excluding carboxylic acids is 2. The molecular weight excluding hydrogens is 1130 g/mol. The summed E-state index contributed by atoms with van der Waals surface area (Å²) in [5, 5.41) is 0. The zero-order chi connectivity index (χ0) is 65.5. The van der Waals surface area contributed by atoms with Crippen molar-refractivity contribution in [2.45, 2.75) is 315 Å². The monoisotopic (exact) mass is 1270 g/mol. The highest BCUT2D eigenvalue weighted by atomic mass is 31.2. The number of hydrogen-bond acceptors (Lipinski definition) is 7. The second-order valence-electron chi connectivity index (χ2n) is 25.6. The van der Waals surface area contributed by atoms with Crippen molar-refractivity contribution < 1.29 is 42.1 Å². The molecule has 2 unspecified atom stereocenters. The zero-order valence-electron chi connectivity index (χ0n) is 58.8. The Labute approximate surface area is 555 Å². The molecule has 0 heterocycles. The standard InChI is InChI=1S/C80H138NO8P/c1-6-8-10-12-14-16-18-20-22-24-26-28-30-32-33-34-35-36-37-38-39-40-41-42-43-44-45-46-47-49-51-53-55-57-59-61-63-65-67-69-71-73-80(83)89-78(77-88-90(84,85)87-75-74-81(3,4)5)76-86-79(82)72-70-68-66-64-62-60-58-56-54-52-50-48-31-29-27-25-23-21-19-17-15-13-11-9-7-2/h8-11,14-17,20-23,26-29,32-33,35-36,38-39,78H,6-7,12-13,18-19,24-25,30-31,34,37,40-77H2,1-5H3/p+1/b10-8-,11-9-,16-14-,17-15-,22-20-,23-21-,28-26-,29-27-,33-32-,36-35-,39-38-. The van der Waals surface area contributed by atoms with Crippen molar-refractivity contribution >= 4 is 19.8 Å². The van der Waals surface area contributed by atoms with Crippen LogP contribution in [0.25, 0.3) is 0 Å². The van der Waals surface area contributed by atoms with Gasteiger partial charge in [0.05, 0.1) is 27.7 Å². The van der Waals surface area contributed by atoms with Crippen LogP contribution in [0, 0.1) is 0 Å². The molecule has 90 heavy (non-hydrogen) atoms. The van der Waals surface area contributed by atoms with Gasteiger partial charge < -0.3 is 18.9 Å². The number of hydrogen-bond donors (Lipinski definition) is 1. The molecule has 0 aliphatic heterocycles. The van der Waals surface area contributed by atoms with Gasteiger partial charge in [-0.05, 0) is 109 Å². The number of phosphoric ester groups is 1. The van der Waals surface area contributed by atoms with Gasteiger partial charge in [-0.25, -0.2) is 4.57 Å². The number of nitrogens with zero attached hydrogens (tertiary/aromatic N) is 1. The SMILES string of the molecule is CC/C=C\C/C=C\C/C=C\C/C=C\C/C=C\C/C=C\C/C=C\CCCCCCCCCCCCCCCCCCCCCC(=O)OC(COC(=O)CCCCCCCCCCCCCC/C=C\C/C=C\C/C=C\C/C=C\CC)COP(=O)(O)OCC[N+](C)(C)C. The quantitative estimate of drug-likeness (QED) is 0.0211.